The van der Waals surface area contributed by atoms with Crippen LogP contribution in [0, 0.1) is 13.8 Å². The molecular weight excluding hydrogens is 310 g/mol. The molecule has 21 heavy (non-hydrogen) atoms. The van der Waals surface area contributed by atoms with Crippen LogP contribution in [-0.2, 0) is 16.6 Å². The van der Waals surface area contributed by atoms with Gasteiger partial charge < -0.3 is 5.32 Å². The average Bonchev–Trinajstić information content (AvgIpc) is 2.96. The Kier molecular flexibility index (Phi) is 4.77. The standard InChI is InChI=1S/C12H19N5O2S2/c1-7-5-14-12(20-7)9(3)17-21(18,19)11-8(2)15-16-10(11)6-13-4/h5,9,13,17H,6H2,1-4H3,(H,15,16). The fourth-order valence-electron chi connectivity index (χ4n) is 2.03. The summed E-state index contributed by atoms with van der Waals surface area (Å²) < 4.78 is 27.8. The normalized spacial score (nSPS) is 13.5. The minimum Gasteiger partial charge on any atom is -0.314 e. The molecule has 1 unspecified atom stereocenters. The number of hydrogen-bond donors (Lipinski definition) is 3. The predicted molar refractivity (Wildman–Crippen MR) is 81.7 cm³/mol. The fraction of sp³-hybridized carbons (Fsp3) is 0.500. The van der Waals surface area contributed by atoms with Gasteiger partial charge in [0.05, 0.1) is 17.4 Å². The van der Waals surface area contributed by atoms with E-state index in [-0.39, 0.29) is 10.9 Å². The first-order chi connectivity index (χ1) is 9.85. The first-order valence-corrected chi connectivity index (χ1v) is 8.78. The lowest BCUT2D eigenvalue weighted by atomic mass is 10.4. The van der Waals surface area contributed by atoms with E-state index < -0.39 is 10.0 Å². The molecule has 0 spiro atoms. The third kappa shape index (κ3) is 3.49. The van der Waals surface area contributed by atoms with Gasteiger partial charge in [0, 0.05) is 17.6 Å². The van der Waals surface area contributed by atoms with E-state index in [4.69, 9.17) is 0 Å². The number of rotatable bonds is 6. The van der Waals surface area contributed by atoms with Crippen LogP contribution in [0.4, 0.5) is 0 Å². The summed E-state index contributed by atoms with van der Waals surface area (Å²) in [7, 11) is -1.91. The number of aryl methyl sites for hydroxylation is 2. The smallest absolute Gasteiger partial charge is 0.244 e. The molecule has 9 heteroatoms. The van der Waals surface area contributed by atoms with E-state index in [1.54, 1.807) is 27.1 Å². The van der Waals surface area contributed by atoms with Gasteiger partial charge in [-0.25, -0.2) is 18.1 Å². The van der Waals surface area contributed by atoms with Gasteiger partial charge in [-0.15, -0.1) is 11.3 Å². The van der Waals surface area contributed by atoms with Crippen LogP contribution in [0.25, 0.3) is 0 Å². The molecule has 116 valence electrons. The maximum atomic E-state index is 12.6. The third-order valence-corrected chi connectivity index (χ3v) is 5.75. The van der Waals surface area contributed by atoms with Gasteiger partial charge in [-0.2, -0.15) is 5.10 Å². The summed E-state index contributed by atoms with van der Waals surface area (Å²) in [4.78, 5) is 5.47. The maximum Gasteiger partial charge on any atom is 0.244 e. The minimum atomic E-state index is -3.66. The average molecular weight is 329 g/mol. The Labute approximate surface area is 128 Å². The van der Waals surface area contributed by atoms with E-state index in [1.807, 2.05) is 6.92 Å². The summed E-state index contributed by atoms with van der Waals surface area (Å²) in [5.74, 6) is 0. The molecule has 0 saturated carbocycles. The maximum absolute atomic E-state index is 12.6. The van der Waals surface area contributed by atoms with Crippen LogP contribution >= 0.6 is 11.3 Å². The predicted octanol–water partition coefficient (Wildman–Crippen LogP) is 1.24. The zero-order valence-corrected chi connectivity index (χ0v) is 14.0. The third-order valence-electron chi connectivity index (χ3n) is 2.92. The number of aromatic amines is 1. The highest BCUT2D eigenvalue weighted by Gasteiger charge is 2.26. The van der Waals surface area contributed by atoms with E-state index in [1.165, 1.54) is 11.3 Å². The van der Waals surface area contributed by atoms with E-state index >= 15 is 0 Å². The molecule has 0 fully saturated rings. The molecule has 0 amide bonds. The number of H-pyrrole nitrogens is 1. The Morgan fingerprint density at radius 2 is 2.14 bits per heavy atom. The molecule has 0 aliphatic heterocycles. The van der Waals surface area contributed by atoms with E-state index in [2.05, 4.69) is 25.2 Å². The van der Waals surface area contributed by atoms with Crippen LogP contribution in [0.2, 0.25) is 0 Å². The first kappa shape index (κ1) is 16.1. The summed E-state index contributed by atoms with van der Waals surface area (Å²) >= 11 is 1.48. The zero-order valence-electron chi connectivity index (χ0n) is 12.4. The Hall–Kier alpha value is -1.29. The lowest BCUT2D eigenvalue weighted by molar-refractivity contribution is 0.564. The molecule has 2 aromatic heterocycles. The van der Waals surface area contributed by atoms with Crippen LogP contribution in [0.1, 0.15) is 34.2 Å². The van der Waals surface area contributed by atoms with E-state index in [9.17, 15) is 8.42 Å². The van der Waals surface area contributed by atoms with Gasteiger partial charge in [0.25, 0.3) is 0 Å². The molecule has 2 rings (SSSR count). The first-order valence-electron chi connectivity index (χ1n) is 6.48. The number of nitrogens with zero attached hydrogens (tertiary/aromatic N) is 2. The molecule has 0 aliphatic carbocycles. The van der Waals surface area contributed by atoms with Crippen molar-refractivity contribution in [1.29, 1.82) is 0 Å². The monoisotopic (exact) mass is 329 g/mol. The summed E-state index contributed by atoms with van der Waals surface area (Å²) in [6.45, 7) is 5.79. The Balaban J connectivity index is 2.28. The van der Waals surface area contributed by atoms with Gasteiger partial charge in [-0.3, -0.25) is 5.10 Å². The van der Waals surface area contributed by atoms with Crippen LogP contribution in [-0.4, -0.2) is 30.6 Å². The molecule has 0 aromatic carbocycles. The van der Waals surface area contributed by atoms with Crippen molar-refractivity contribution in [3.05, 3.63) is 27.5 Å². The van der Waals surface area contributed by atoms with Gasteiger partial charge in [0.2, 0.25) is 10.0 Å². The van der Waals surface area contributed by atoms with Gasteiger partial charge in [-0.1, -0.05) is 0 Å². The number of thiazole rings is 1. The minimum absolute atomic E-state index is 0.206. The fourth-order valence-corrected chi connectivity index (χ4v) is 4.45. The molecule has 1 atom stereocenters. The second-order valence-corrected chi connectivity index (χ2v) is 7.72. The highest BCUT2D eigenvalue weighted by Crippen LogP contribution is 2.23. The molecular formula is C12H19N5O2S2. The van der Waals surface area contributed by atoms with Crippen LogP contribution < -0.4 is 10.0 Å². The van der Waals surface area contributed by atoms with Crippen LogP contribution in [0.3, 0.4) is 0 Å². The second kappa shape index (κ2) is 6.22. The van der Waals surface area contributed by atoms with Crippen LogP contribution in [0.5, 0.6) is 0 Å². The summed E-state index contributed by atoms with van der Waals surface area (Å²) in [5.41, 5.74) is 1.00. The molecule has 3 N–H and O–H groups in total. The molecule has 0 bridgehead atoms. The molecule has 0 saturated heterocycles. The summed E-state index contributed by atoms with van der Waals surface area (Å²) in [5, 5.41) is 10.4. The van der Waals surface area contributed by atoms with Gasteiger partial charge in [-0.05, 0) is 27.8 Å². The quantitative estimate of drug-likeness (QED) is 0.740. The highest BCUT2D eigenvalue weighted by atomic mass is 32.2. The zero-order chi connectivity index (χ0) is 15.6. The molecule has 7 nitrogen and oxygen atoms in total. The number of nitrogens with one attached hydrogen (secondary N) is 3. The Morgan fingerprint density at radius 1 is 1.43 bits per heavy atom. The van der Waals surface area contributed by atoms with Crippen molar-refractivity contribution in [1.82, 2.24) is 25.2 Å². The number of sulfonamides is 1. The second-order valence-electron chi connectivity index (χ2n) is 4.81. The summed E-state index contributed by atoms with van der Waals surface area (Å²) in [6, 6.07) is -0.384. The summed E-state index contributed by atoms with van der Waals surface area (Å²) in [6.07, 6.45) is 1.74. The van der Waals surface area contributed by atoms with E-state index in [0.717, 1.165) is 9.88 Å². The largest absolute Gasteiger partial charge is 0.314 e. The van der Waals surface area contributed by atoms with Gasteiger partial charge in [0.15, 0.2) is 0 Å². The number of hydrogen-bond acceptors (Lipinski definition) is 6. The lowest BCUT2D eigenvalue weighted by Crippen LogP contribution is -2.28. The Morgan fingerprint density at radius 3 is 2.71 bits per heavy atom. The van der Waals surface area contributed by atoms with Crippen molar-refractivity contribution in [3.63, 3.8) is 0 Å². The van der Waals surface area contributed by atoms with Crippen molar-refractivity contribution in [2.24, 2.45) is 0 Å². The Bertz CT molecular complexity index is 720. The topological polar surface area (TPSA) is 99.8 Å². The van der Waals surface area contributed by atoms with E-state index in [0.29, 0.717) is 17.9 Å². The molecule has 0 aliphatic rings. The SMILES string of the molecule is CNCc1n[nH]c(C)c1S(=O)(=O)NC(C)c1ncc(C)s1. The molecule has 2 heterocycles. The van der Waals surface area contributed by atoms with Crippen LogP contribution in [0.15, 0.2) is 11.1 Å². The van der Waals surface area contributed by atoms with Crippen molar-refractivity contribution < 1.29 is 8.42 Å². The highest BCUT2D eigenvalue weighted by molar-refractivity contribution is 7.89. The van der Waals surface area contributed by atoms with Crippen molar-refractivity contribution in [3.8, 4) is 0 Å². The van der Waals surface area contributed by atoms with Crippen molar-refractivity contribution in [2.75, 3.05) is 7.05 Å². The lowest BCUT2D eigenvalue weighted by Gasteiger charge is -2.12. The van der Waals surface area contributed by atoms with Gasteiger partial charge >= 0.3 is 0 Å². The van der Waals surface area contributed by atoms with Crippen molar-refractivity contribution >= 4 is 21.4 Å². The molecule has 0 radical (unpaired) electrons. The molecule has 2 aromatic rings. The van der Waals surface area contributed by atoms with Gasteiger partial charge in [0.1, 0.15) is 9.90 Å². The van der Waals surface area contributed by atoms with Crippen molar-refractivity contribution in [2.45, 2.75) is 38.3 Å². The number of aromatic nitrogens is 3.